The second-order valence-electron chi connectivity index (χ2n) is 6.58. The third kappa shape index (κ3) is 4.75. The van der Waals surface area contributed by atoms with E-state index >= 15 is 0 Å². The molecule has 3 rings (SSSR count). The molecule has 2 aromatic rings. The van der Waals surface area contributed by atoms with Crippen molar-refractivity contribution in [3.63, 3.8) is 0 Å². The van der Waals surface area contributed by atoms with Crippen LogP contribution in [0.3, 0.4) is 0 Å². The lowest BCUT2D eigenvalue weighted by atomic mass is 9.88. The molecule has 144 valence electrons. The van der Waals surface area contributed by atoms with Crippen LogP contribution in [0.1, 0.15) is 30.0 Å². The molecule has 0 aliphatic heterocycles. The van der Waals surface area contributed by atoms with E-state index in [0.717, 1.165) is 35.4 Å². The number of rotatable bonds is 5. The van der Waals surface area contributed by atoms with Gasteiger partial charge in [0, 0.05) is 5.02 Å². The summed E-state index contributed by atoms with van der Waals surface area (Å²) in [6.07, 6.45) is 3.81. The van der Waals surface area contributed by atoms with Crippen molar-refractivity contribution in [2.75, 3.05) is 17.1 Å². The highest BCUT2D eigenvalue weighted by molar-refractivity contribution is 7.92. The highest BCUT2D eigenvalue weighted by atomic mass is 35.5. The topological polar surface area (TPSA) is 66.5 Å². The third-order valence-electron chi connectivity index (χ3n) is 4.57. The largest absolute Gasteiger partial charge is 0.348 e. The van der Waals surface area contributed by atoms with Crippen LogP contribution in [0.5, 0.6) is 0 Å². The Balaban J connectivity index is 1.81. The lowest BCUT2D eigenvalue weighted by Gasteiger charge is -2.28. The molecule has 1 N–H and O–H groups in total. The standard InChI is InChI=1S/C19H20Cl2N2O3S/c1-27(25,26)23(18-11-14(20)9-10-16(18)21)12-19(24)22-17-8-4-6-13-5-2-3-7-15(13)17/h2-3,5,7,9-11,17H,4,6,8,12H2,1H3,(H,22,24)/t17-/m1/s1. The maximum atomic E-state index is 12.7. The molecule has 1 amide bonds. The van der Waals surface area contributed by atoms with Crippen LogP contribution in [0.25, 0.3) is 0 Å². The molecule has 2 aromatic carbocycles. The van der Waals surface area contributed by atoms with Crippen LogP contribution in [-0.2, 0) is 21.2 Å². The van der Waals surface area contributed by atoms with E-state index in [4.69, 9.17) is 23.2 Å². The van der Waals surface area contributed by atoms with Gasteiger partial charge in [-0.2, -0.15) is 0 Å². The van der Waals surface area contributed by atoms with Gasteiger partial charge in [-0.1, -0.05) is 47.5 Å². The quantitative estimate of drug-likeness (QED) is 0.786. The Bertz CT molecular complexity index is 963. The predicted octanol–water partition coefficient (Wildman–Crippen LogP) is 3.95. The zero-order valence-electron chi connectivity index (χ0n) is 14.8. The van der Waals surface area contributed by atoms with Crippen molar-refractivity contribution in [3.05, 3.63) is 63.6 Å². The van der Waals surface area contributed by atoms with Crippen LogP contribution in [-0.4, -0.2) is 27.1 Å². The van der Waals surface area contributed by atoms with Gasteiger partial charge in [0.15, 0.2) is 0 Å². The highest BCUT2D eigenvalue weighted by Crippen LogP contribution is 2.32. The molecule has 0 heterocycles. The molecular formula is C19H20Cl2N2O3S. The van der Waals surface area contributed by atoms with Crippen molar-refractivity contribution in [2.24, 2.45) is 0 Å². The molecule has 0 bridgehead atoms. The van der Waals surface area contributed by atoms with Crippen LogP contribution in [0, 0.1) is 0 Å². The second kappa shape index (κ2) is 8.09. The minimum absolute atomic E-state index is 0.126. The summed E-state index contributed by atoms with van der Waals surface area (Å²) in [5.74, 6) is -0.391. The average molecular weight is 427 g/mol. The maximum Gasteiger partial charge on any atom is 0.241 e. The summed E-state index contributed by atoms with van der Waals surface area (Å²) in [6, 6.07) is 12.4. The summed E-state index contributed by atoms with van der Waals surface area (Å²) < 4.78 is 25.5. The number of nitrogens with zero attached hydrogens (tertiary/aromatic N) is 1. The van der Waals surface area contributed by atoms with Crippen LogP contribution in [0.2, 0.25) is 10.0 Å². The Hall–Kier alpha value is -1.76. The number of hydrogen-bond acceptors (Lipinski definition) is 3. The molecule has 1 aliphatic rings. The smallest absolute Gasteiger partial charge is 0.241 e. The molecule has 1 atom stereocenters. The SMILES string of the molecule is CS(=O)(=O)N(CC(=O)N[C@@H]1CCCc2ccccc21)c1cc(Cl)ccc1Cl. The van der Waals surface area contributed by atoms with Crippen molar-refractivity contribution in [3.8, 4) is 0 Å². The number of halogens is 2. The van der Waals surface area contributed by atoms with Crippen molar-refractivity contribution < 1.29 is 13.2 Å². The second-order valence-corrected chi connectivity index (χ2v) is 9.33. The van der Waals surface area contributed by atoms with Gasteiger partial charge in [-0.05, 0) is 48.6 Å². The molecule has 0 fully saturated rings. The number of carbonyl (C=O) groups is 1. The lowest BCUT2D eigenvalue weighted by molar-refractivity contribution is -0.120. The van der Waals surface area contributed by atoms with Crippen molar-refractivity contribution >= 4 is 44.8 Å². The first kappa shape index (κ1) is 20.0. The van der Waals surface area contributed by atoms with Crippen LogP contribution >= 0.6 is 23.2 Å². The number of hydrogen-bond donors (Lipinski definition) is 1. The normalized spacial score (nSPS) is 16.5. The van der Waals surface area contributed by atoms with Gasteiger partial charge in [0.1, 0.15) is 6.54 Å². The number of fused-ring (bicyclic) bond motifs is 1. The minimum atomic E-state index is -3.72. The molecule has 0 unspecified atom stereocenters. The maximum absolute atomic E-state index is 12.7. The Morgan fingerprint density at radius 1 is 1.22 bits per heavy atom. The zero-order chi connectivity index (χ0) is 19.6. The van der Waals surface area contributed by atoms with Gasteiger partial charge in [0.2, 0.25) is 15.9 Å². The summed E-state index contributed by atoms with van der Waals surface area (Å²) >= 11 is 12.1. The zero-order valence-corrected chi connectivity index (χ0v) is 17.1. The Labute approximate surface area is 169 Å². The molecule has 0 radical (unpaired) electrons. The Morgan fingerprint density at radius 2 is 1.96 bits per heavy atom. The molecule has 5 nitrogen and oxygen atoms in total. The van der Waals surface area contributed by atoms with E-state index in [1.165, 1.54) is 17.7 Å². The summed E-state index contributed by atoms with van der Waals surface area (Å²) in [5.41, 5.74) is 2.49. The first-order valence-electron chi connectivity index (χ1n) is 8.55. The summed E-state index contributed by atoms with van der Waals surface area (Å²) in [6.45, 7) is -0.364. The van der Waals surface area contributed by atoms with Gasteiger partial charge in [0.05, 0.1) is 23.0 Å². The molecule has 0 saturated heterocycles. The molecular weight excluding hydrogens is 407 g/mol. The average Bonchev–Trinajstić information content (AvgIpc) is 2.61. The molecule has 0 aromatic heterocycles. The lowest BCUT2D eigenvalue weighted by Crippen LogP contribution is -2.42. The number of anilines is 1. The van der Waals surface area contributed by atoms with E-state index in [0.29, 0.717) is 5.02 Å². The van der Waals surface area contributed by atoms with E-state index in [1.54, 1.807) is 6.07 Å². The number of aryl methyl sites for hydroxylation is 1. The highest BCUT2D eigenvalue weighted by Gasteiger charge is 2.26. The fourth-order valence-electron chi connectivity index (χ4n) is 3.33. The van der Waals surface area contributed by atoms with E-state index in [-0.39, 0.29) is 23.3 Å². The summed E-state index contributed by atoms with van der Waals surface area (Å²) in [7, 11) is -3.72. The Morgan fingerprint density at radius 3 is 2.70 bits per heavy atom. The summed E-state index contributed by atoms with van der Waals surface area (Å²) in [4.78, 5) is 12.7. The van der Waals surface area contributed by atoms with Crippen LogP contribution in [0.4, 0.5) is 5.69 Å². The minimum Gasteiger partial charge on any atom is -0.348 e. The van der Waals surface area contributed by atoms with Gasteiger partial charge in [0.25, 0.3) is 0 Å². The van der Waals surface area contributed by atoms with Crippen LogP contribution < -0.4 is 9.62 Å². The number of carbonyl (C=O) groups excluding carboxylic acids is 1. The molecule has 1 aliphatic carbocycles. The number of nitrogens with one attached hydrogen (secondary N) is 1. The van der Waals surface area contributed by atoms with Gasteiger partial charge in [-0.25, -0.2) is 8.42 Å². The predicted molar refractivity (Wildman–Crippen MR) is 109 cm³/mol. The van der Waals surface area contributed by atoms with Gasteiger partial charge in [-0.3, -0.25) is 9.10 Å². The third-order valence-corrected chi connectivity index (χ3v) is 6.25. The van der Waals surface area contributed by atoms with Crippen LogP contribution in [0.15, 0.2) is 42.5 Å². The first-order chi connectivity index (χ1) is 12.8. The molecule has 27 heavy (non-hydrogen) atoms. The van der Waals surface area contributed by atoms with Crippen molar-refractivity contribution in [2.45, 2.75) is 25.3 Å². The number of benzene rings is 2. The number of sulfonamides is 1. The number of amides is 1. The fourth-order valence-corrected chi connectivity index (χ4v) is 4.63. The first-order valence-corrected chi connectivity index (χ1v) is 11.2. The summed E-state index contributed by atoms with van der Waals surface area (Å²) in [5, 5.41) is 3.51. The molecule has 0 saturated carbocycles. The molecule has 0 spiro atoms. The van der Waals surface area contributed by atoms with E-state index in [2.05, 4.69) is 11.4 Å². The van der Waals surface area contributed by atoms with E-state index < -0.39 is 15.9 Å². The van der Waals surface area contributed by atoms with E-state index in [9.17, 15) is 13.2 Å². The monoisotopic (exact) mass is 426 g/mol. The van der Waals surface area contributed by atoms with Crippen molar-refractivity contribution in [1.82, 2.24) is 5.32 Å². The van der Waals surface area contributed by atoms with Gasteiger partial charge in [-0.15, -0.1) is 0 Å². The molecule has 8 heteroatoms. The fraction of sp³-hybridized carbons (Fsp3) is 0.316. The van der Waals surface area contributed by atoms with Crippen molar-refractivity contribution in [1.29, 1.82) is 0 Å². The van der Waals surface area contributed by atoms with Gasteiger partial charge >= 0.3 is 0 Å². The van der Waals surface area contributed by atoms with E-state index in [1.807, 2.05) is 18.2 Å². The van der Waals surface area contributed by atoms with Gasteiger partial charge < -0.3 is 5.32 Å². The Kier molecular flexibility index (Phi) is 5.99.